The van der Waals surface area contributed by atoms with Crippen LogP contribution < -0.4 is 5.56 Å². The predicted octanol–water partition coefficient (Wildman–Crippen LogP) is 4.93. The highest BCUT2D eigenvalue weighted by atomic mass is 32.1. The lowest BCUT2D eigenvalue weighted by molar-refractivity contribution is -0.129. The van der Waals surface area contributed by atoms with Gasteiger partial charge < -0.3 is 9.88 Å². The van der Waals surface area contributed by atoms with Crippen LogP contribution in [0.25, 0.3) is 21.5 Å². The number of halogens is 1. The number of carbonyl (C=O) groups is 1. The molecule has 35 heavy (non-hydrogen) atoms. The van der Waals surface area contributed by atoms with Gasteiger partial charge in [0.05, 0.1) is 11.1 Å². The molecule has 0 atom stereocenters. The number of aryl methyl sites for hydroxylation is 4. The topological polar surface area (TPSA) is 94.7 Å². The molecular formula is C26H30FN5O2S. The van der Waals surface area contributed by atoms with Gasteiger partial charge >= 0.3 is 0 Å². The van der Waals surface area contributed by atoms with Gasteiger partial charge in [0.1, 0.15) is 16.5 Å². The van der Waals surface area contributed by atoms with Crippen LogP contribution in [-0.2, 0) is 17.6 Å². The first-order valence-corrected chi connectivity index (χ1v) is 12.7. The number of aromatic nitrogens is 4. The molecule has 2 N–H and O–H groups in total. The van der Waals surface area contributed by atoms with Crippen LogP contribution >= 0.6 is 11.3 Å². The Balaban J connectivity index is 1.18. The van der Waals surface area contributed by atoms with E-state index in [4.69, 9.17) is 0 Å². The molecule has 0 saturated carbocycles. The summed E-state index contributed by atoms with van der Waals surface area (Å²) in [4.78, 5) is 35.9. The molecule has 4 rings (SSSR count). The molecule has 0 aliphatic rings. The van der Waals surface area contributed by atoms with Crippen LogP contribution in [-0.4, -0.2) is 44.6 Å². The molecule has 0 saturated heterocycles. The number of amides is 1. The van der Waals surface area contributed by atoms with Crippen molar-refractivity contribution < 1.29 is 9.18 Å². The first kappa shape index (κ1) is 24.8. The van der Waals surface area contributed by atoms with Crippen LogP contribution in [0.5, 0.6) is 0 Å². The summed E-state index contributed by atoms with van der Waals surface area (Å²) in [5.41, 5.74) is 3.36. The lowest BCUT2D eigenvalue weighted by Gasteiger charge is -2.16. The van der Waals surface area contributed by atoms with Crippen molar-refractivity contribution >= 4 is 27.5 Å². The van der Waals surface area contributed by atoms with Gasteiger partial charge in [0.2, 0.25) is 5.91 Å². The molecule has 0 bridgehead atoms. The molecule has 0 fully saturated rings. The number of nitrogens with zero attached hydrogens (tertiary/aromatic N) is 3. The average molecular weight is 496 g/mol. The minimum absolute atomic E-state index is 0.0413. The number of benzene rings is 1. The summed E-state index contributed by atoms with van der Waals surface area (Å²) in [5, 5.41) is 7.96. The van der Waals surface area contributed by atoms with Gasteiger partial charge in [-0.3, -0.25) is 14.7 Å². The van der Waals surface area contributed by atoms with E-state index in [0.29, 0.717) is 30.6 Å². The van der Waals surface area contributed by atoms with Gasteiger partial charge in [-0.05, 0) is 56.9 Å². The third-order valence-corrected chi connectivity index (χ3v) is 7.38. The smallest absolute Gasteiger partial charge is 0.259 e. The van der Waals surface area contributed by atoms with Crippen LogP contribution in [0, 0.1) is 19.7 Å². The molecule has 0 spiro atoms. The average Bonchev–Trinajstić information content (AvgIpc) is 3.41. The Morgan fingerprint density at radius 3 is 2.77 bits per heavy atom. The third-order valence-electron chi connectivity index (χ3n) is 6.28. The molecule has 0 aliphatic heterocycles. The second-order valence-corrected chi connectivity index (χ2v) is 10.1. The molecule has 0 radical (unpaired) electrons. The number of hydrogen-bond donors (Lipinski definition) is 2. The molecule has 3 aromatic heterocycles. The second-order valence-electron chi connectivity index (χ2n) is 8.89. The van der Waals surface area contributed by atoms with E-state index in [9.17, 15) is 14.0 Å². The maximum absolute atomic E-state index is 13.4. The van der Waals surface area contributed by atoms with Crippen molar-refractivity contribution in [1.29, 1.82) is 0 Å². The van der Waals surface area contributed by atoms with Gasteiger partial charge in [-0.25, -0.2) is 9.37 Å². The molecule has 4 aromatic rings. The summed E-state index contributed by atoms with van der Waals surface area (Å²) >= 11 is 1.51. The summed E-state index contributed by atoms with van der Waals surface area (Å²) in [7, 11) is 1.81. The van der Waals surface area contributed by atoms with Crippen molar-refractivity contribution in [2.45, 2.75) is 52.4 Å². The Bertz CT molecular complexity index is 1390. The SMILES string of the molecule is Cc1sc2nc(CCC(=O)N(C)CCCCCc3cc(-c4cccc(F)c4)n[nH]3)[nH]c(=O)c2c1C. The van der Waals surface area contributed by atoms with Crippen molar-refractivity contribution in [3.05, 3.63) is 68.5 Å². The quantitative estimate of drug-likeness (QED) is 0.305. The van der Waals surface area contributed by atoms with Crippen molar-refractivity contribution in [2.75, 3.05) is 13.6 Å². The van der Waals surface area contributed by atoms with Gasteiger partial charge in [0.25, 0.3) is 5.56 Å². The van der Waals surface area contributed by atoms with Crippen LogP contribution in [0.15, 0.2) is 35.1 Å². The van der Waals surface area contributed by atoms with Crippen LogP contribution in [0.2, 0.25) is 0 Å². The third kappa shape index (κ3) is 6.03. The van der Waals surface area contributed by atoms with Gasteiger partial charge in [-0.1, -0.05) is 18.6 Å². The Morgan fingerprint density at radius 2 is 1.97 bits per heavy atom. The minimum atomic E-state index is -0.274. The zero-order valence-electron chi connectivity index (χ0n) is 20.3. The number of fused-ring (bicyclic) bond motifs is 1. The standard InChI is InChI=1S/C26H30FN5O2S/c1-16-17(2)35-26-24(16)25(34)28-22(29-26)11-12-23(33)32(3)13-6-4-5-10-20-15-21(31-30-20)18-8-7-9-19(27)14-18/h7-9,14-15H,4-6,10-13H2,1-3H3,(H,30,31)(H,28,29,34). The predicted molar refractivity (Wildman–Crippen MR) is 137 cm³/mol. The summed E-state index contributed by atoms with van der Waals surface area (Å²) in [6, 6.07) is 8.37. The van der Waals surface area contributed by atoms with Gasteiger partial charge in [0, 0.05) is 42.6 Å². The second kappa shape index (κ2) is 10.9. The number of H-pyrrole nitrogens is 2. The summed E-state index contributed by atoms with van der Waals surface area (Å²) in [5.74, 6) is 0.325. The molecular weight excluding hydrogens is 465 g/mol. The lowest BCUT2D eigenvalue weighted by Crippen LogP contribution is -2.28. The van der Waals surface area contributed by atoms with Gasteiger partial charge in [-0.15, -0.1) is 11.3 Å². The Kier molecular flexibility index (Phi) is 7.75. The normalized spacial score (nSPS) is 11.3. The highest BCUT2D eigenvalue weighted by Gasteiger charge is 2.14. The van der Waals surface area contributed by atoms with E-state index >= 15 is 0 Å². The molecule has 9 heteroatoms. The Labute approximate surface area is 207 Å². The number of aromatic amines is 2. The van der Waals surface area contributed by atoms with Crippen LogP contribution in [0.1, 0.15) is 47.6 Å². The van der Waals surface area contributed by atoms with Crippen molar-refractivity contribution in [3.8, 4) is 11.3 Å². The van der Waals surface area contributed by atoms with Crippen molar-refractivity contribution in [2.24, 2.45) is 0 Å². The molecule has 0 unspecified atom stereocenters. The van der Waals surface area contributed by atoms with Gasteiger partial charge in [-0.2, -0.15) is 5.10 Å². The number of carbonyl (C=O) groups excluding carboxylic acids is 1. The Morgan fingerprint density at radius 1 is 1.14 bits per heavy atom. The van der Waals surface area contributed by atoms with E-state index in [1.54, 1.807) is 11.0 Å². The summed E-state index contributed by atoms with van der Waals surface area (Å²) in [6.45, 7) is 4.60. The zero-order chi connectivity index (χ0) is 24.9. The van der Waals surface area contributed by atoms with E-state index in [1.165, 1.54) is 23.5 Å². The number of thiophene rings is 1. The lowest BCUT2D eigenvalue weighted by atomic mass is 10.1. The fourth-order valence-corrected chi connectivity index (χ4v) is 5.13. The maximum Gasteiger partial charge on any atom is 0.259 e. The zero-order valence-corrected chi connectivity index (χ0v) is 21.1. The van der Waals surface area contributed by atoms with E-state index in [-0.39, 0.29) is 17.3 Å². The van der Waals surface area contributed by atoms with Crippen molar-refractivity contribution in [3.63, 3.8) is 0 Å². The van der Waals surface area contributed by atoms with E-state index < -0.39 is 0 Å². The highest BCUT2D eigenvalue weighted by Crippen LogP contribution is 2.25. The number of rotatable bonds is 10. The number of nitrogens with one attached hydrogen (secondary N) is 2. The van der Waals surface area contributed by atoms with Gasteiger partial charge in [0.15, 0.2) is 0 Å². The van der Waals surface area contributed by atoms with E-state index in [1.807, 2.05) is 33.0 Å². The van der Waals surface area contributed by atoms with Crippen LogP contribution in [0.3, 0.4) is 0 Å². The monoisotopic (exact) mass is 495 g/mol. The fraction of sp³-hybridized carbons (Fsp3) is 0.385. The van der Waals surface area contributed by atoms with E-state index in [0.717, 1.165) is 57.9 Å². The molecule has 1 amide bonds. The molecule has 3 heterocycles. The largest absolute Gasteiger partial charge is 0.346 e. The number of hydrogen-bond acceptors (Lipinski definition) is 5. The molecule has 0 aliphatic carbocycles. The first-order chi connectivity index (χ1) is 16.8. The minimum Gasteiger partial charge on any atom is -0.346 e. The van der Waals surface area contributed by atoms with Crippen LogP contribution in [0.4, 0.5) is 4.39 Å². The van der Waals surface area contributed by atoms with Crippen molar-refractivity contribution in [1.82, 2.24) is 25.1 Å². The van der Waals surface area contributed by atoms with E-state index in [2.05, 4.69) is 20.2 Å². The fourth-order valence-electron chi connectivity index (χ4n) is 4.09. The Hall–Kier alpha value is -3.33. The first-order valence-electron chi connectivity index (χ1n) is 11.8. The molecule has 7 nitrogen and oxygen atoms in total. The number of unbranched alkanes of at least 4 members (excludes halogenated alkanes) is 2. The highest BCUT2D eigenvalue weighted by molar-refractivity contribution is 7.18. The maximum atomic E-state index is 13.4. The molecule has 1 aromatic carbocycles. The molecule has 184 valence electrons. The summed E-state index contributed by atoms with van der Waals surface area (Å²) < 4.78 is 13.4. The summed E-state index contributed by atoms with van der Waals surface area (Å²) in [6.07, 6.45) is 4.43.